The summed E-state index contributed by atoms with van der Waals surface area (Å²) < 4.78 is 0. The summed E-state index contributed by atoms with van der Waals surface area (Å²) in [4.78, 5) is 0. The Morgan fingerprint density at radius 2 is 1.53 bits per heavy atom. The Balaban J connectivity index is 1.52. The van der Waals surface area contributed by atoms with Crippen LogP contribution in [0.15, 0.2) is 0 Å². The van der Waals surface area contributed by atoms with E-state index in [0.717, 1.165) is 17.9 Å². The maximum atomic E-state index is 9.54. The van der Waals surface area contributed by atoms with Crippen LogP contribution < -0.4 is 5.32 Å². The van der Waals surface area contributed by atoms with E-state index in [2.05, 4.69) is 5.32 Å². The Bertz CT molecular complexity index is 280. The highest BCUT2D eigenvalue weighted by Gasteiger charge is 2.34. The molecule has 5 unspecified atom stereocenters. The summed E-state index contributed by atoms with van der Waals surface area (Å²) in [6.07, 6.45) is 15.4. The number of aliphatic hydroxyl groups excluding tert-OH is 1. The minimum Gasteiger partial charge on any atom is -0.396 e. The molecule has 5 atom stereocenters. The van der Waals surface area contributed by atoms with E-state index in [9.17, 15) is 5.11 Å². The second kappa shape index (κ2) is 6.58. The van der Waals surface area contributed by atoms with Crippen molar-refractivity contribution >= 4 is 0 Å². The lowest BCUT2D eigenvalue weighted by molar-refractivity contribution is 0.107. The normalized spacial score (nSPS) is 43.7. The Hall–Kier alpha value is -0.0800. The van der Waals surface area contributed by atoms with Crippen LogP contribution in [0.4, 0.5) is 0 Å². The van der Waals surface area contributed by atoms with Crippen LogP contribution in [0, 0.1) is 17.8 Å². The lowest BCUT2D eigenvalue weighted by atomic mass is 9.69. The topological polar surface area (TPSA) is 32.3 Å². The lowest BCUT2D eigenvalue weighted by Gasteiger charge is -2.42. The molecule has 0 saturated heterocycles. The van der Waals surface area contributed by atoms with Gasteiger partial charge in [-0.3, -0.25) is 0 Å². The van der Waals surface area contributed by atoms with Crippen molar-refractivity contribution in [1.82, 2.24) is 5.32 Å². The first kappa shape index (κ1) is 13.9. The standard InChI is InChI=1S/C17H31NO/c19-12-15-7-3-4-8-17(15)18-16-10-9-13-5-1-2-6-14(13)11-16/h13-19H,1-12H2. The molecule has 2 N–H and O–H groups in total. The SMILES string of the molecule is OCC1CCCCC1NC1CCC2CCCCC2C1. The molecule has 0 aromatic rings. The molecule has 0 amide bonds. The molecule has 0 aliphatic heterocycles. The zero-order valence-corrected chi connectivity index (χ0v) is 12.3. The summed E-state index contributed by atoms with van der Waals surface area (Å²) in [5.41, 5.74) is 0. The largest absolute Gasteiger partial charge is 0.396 e. The summed E-state index contributed by atoms with van der Waals surface area (Å²) in [7, 11) is 0. The molecule has 0 spiro atoms. The number of hydrogen-bond acceptors (Lipinski definition) is 2. The first-order valence-electron chi connectivity index (χ1n) is 8.73. The third-order valence-corrected chi connectivity index (χ3v) is 6.13. The van der Waals surface area contributed by atoms with Crippen molar-refractivity contribution in [1.29, 1.82) is 0 Å². The monoisotopic (exact) mass is 265 g/mol. The summed E-state index contributed by atoms with van der Waals surface area (Å²) in [5, 5.41) is 13.5. The zero-order chi connectivity index (χ0) is 13.1. The number of nitrogens with one attached hydrogen (secondary N) is 1. The van der Waals surface area contributed by atoms with Gasteiger partial charge < -0.3 is 10.4 Å². The first-order chi connectivity index (χ1) is 9.36. The first-order valence-corrected chi connectivity index (χ1v) is 8.73. The smallest absolute Gasteiger partial charge is 0.0474 e. The van der Waals surface area contributed by atoms with Crippen molar-refractivity contribution in [3.8, 4) is 0 Å². The molecule has 110 valence electrons. The zero-order valence-electron chi connectivity index (χ0n) is 12.3. The predicted octanol–water partition coefficient (Wildman–Crippen LogP) is 3.49. The number of hydrogen-bond donors (Lipinski definition) is 2. The van der Waals surface area contributed by atoms with E-state index in [1.54, 1.807) is 0 Å². The molecule has 2 heteroatoms. The van der Waals surface area contributed by atoms with Crippen LogP contribution in [0.5, 0.6) is 0 Å². The molecule has 0 heterocycles. The average molecular weight is 265 g/mol. The molecular weight excluding hydrogens is 234 g/mol. The number of fused-ring (bicyclic) bond motifs is 1. The minimum absolute atomic E-state index is 0.385. The van der Waals surface area contributed by atoms with Crippen LogP contribution in [-0.4, -0.2) is 23.8 Å². The van der Waals surface area contributed by atoms with Crippen LogP contribution in [0.1, 0.15) is 70.6 Å². The van der Waals surface area contributed by atoms with Crippen LogP contribution in [0.2, 0.25) is 0 Å². The van der Waals surface area contributed by atoms with Crippen LogP contribution in [-0.2, 0) is 0 Å². The molecule has 3 aliphatic carbocycles. The van der Waals surface area contributed by atoms with Gasteiger partial charge in [-0.15, -0.1) is 0 Å². The maximum absolute atomic E-state index is 9.54. The van der Waals surface area contributed by atoms with E-state index in [1.807, 2.05) is 0 Å². The van der Waals surface area contributed by atoms with Crippen molar-refractivity contribution in [3.05, 3.63) is 0 Å². The molecule has 2 nitrogen and oxygen atoms in total. The Labute approximate surface area is 118 Å². The number of rotatable bonds is 3. The lowest BCUT2D eigenvalue weighted by Crippen LogP contribution is -2.48. The van der Waals surface area contributed by atoms with E-state index in [-0.39, 0.29) is 0 Å². The summed E-state index contributed by atoms with van der Waals surface area (Å²) in [6, 6.07) is 1.35. The molecule has 0 aromatic heterocycles. The molecular formula is C17H31NO. The van der Waals surface area contributed by atoms with Gasteiger partial charge in [-0.05, 0) is 49.9 Å². The van der Waals surface area contributed by atoms with Crippen molar-refractivity contribution in [2.75, 3.05) is 6.61 Å². The van der Waals surface area contributed by atoms with Gasteiger partial charge in [0.15, 0.2) is 0 Å². The molecule has 3 fully saturated rings. The van der Waals surface area contributed by atoms with Gasteiger partial charge >= 0.3 is 0 Å². The van der Waals surface area contributed by atoms with E-state index >= 15 is 0 Å². The highest BCUT2D eigenvalue weighted by atomic mass is 16.3. The van der Waals surface area contributed by atoms with E-state index in [0.29, 0.717) is 18.6 Å². The second-order valence-corrected chi connectivity index (χ2v) is 7.31. The predicted molar refractivity (Wildman–Crippen MR) is 79.1 cm³/mol. The third kappa shape index (κ3) is 3.33. The van der Waals surface area contributed by atoms with Crippen molar-refractivity contribution in [3.63, 3.8) is 0 Å². The fraction of sp³-hybridized carbons (Fsp3) is 1.00. The van der Waals surface area contributed by atoms with Crippen LogP contribution in [0.25, 0.3) is 0 Å². The summed E-state index contributed by atoms with van der Waals surface area (Å²) in [6.45, 7) is 0.385. The molecule has 3 saturated carbocycles. The average Bonchev–Trinajstić information content (AvgIpc) is 2.48. The van der Waals surface area contributed by atoms with Gasteiger partial charge in [0.2, 0.25) is 0 Å². The van der Waals surface area contributed by atoms with Crippen molar-refractivity contribution in [2.24, 2.45) is 17.8 Å². The fourth-order valence-electron chi connectivity index (χ4n) is 4.97. The van der Waals surface area contributed by atoms with Gasteiger partial charge in [-0.2, -0.15) is 0 Å². The van der Waals surface area contributed by atoms with E-state index < -0.39 is 0 Å². The molecule has 0 radical (unpaired) electrons. The van der Waals surface area contributed by atoms with Gasteiger partial charge in [0.25, 0.3) is 0 Å². The second-order valence-electron chi connectivity index (χ2n) is 7.31. The fourth-order valence-corrected chi connectivity index (χ4v) is 4.97. The van der Waals surface area contributed by atoms with Crippen LogP contribution in [0.3, 0.4) is 0 Å². The van der Waals surface area contributed by atoms with Crippen molar-refractivity contribution < 1.29 is 5.11 Å². The van der Waals surface area contributed by atoms with Gasteiger partial charge in [0.1, 0.15) is 0 Å². The summed E-state index contributed by atoms with van der Waals surface area (Å²) >= 11 is 0. The molecule has 3 aliphatic rings. The summed E-state index contributed by atoms with van der Waals surface area (Å²) in [5.74, 6) is 2.58. The van der Waals surface area contributed by atoms with Gasteiger partial charge in [-0.25, -0.2) is 0 Å². The van der Waals surface area contributed by atoms with Crippen molar-refractivity contribution in [2.45, 2.75) is 82.7 Å². The molecule has 0 aromatic carbocycles. The maximum Gasteiger partial charge on any atom is 0.0474 e. The molecule has 3 rings (SSSR count). The highest BCUT2D eigenvalue weighted by Crippen LogP contribution is 2.40. The Morgan fingerprint density at radius 1 is 0.789 bits per heavy atom. The van der Waals surface area contributed by atoms with Gasteiger partial charge in [0.05, 0.1) is 0 Å². The molecule has 0 bridgehead atoms. The molecule has 19 heavy (non-hydrogen) atoms. The Kier molecular flexibility index (Phi) is 4.81. The third-order valence-electron chi connectivity index (χ3n) is 6.13. The quantitative estimate of drug-likeness (QED) is 0.819. The van der Waals surface area contributed by atoms with Crippen LogP contribution >= 0.6 is 0 Å². The highest BCUT2D eigenvalue weighted by molar-refractivity contribution is 4.90. The van der Waals surface area contributed by atoms with Gasteiger partial charge in [0, 0.05) is 18.7 Å². The minimum atomic E-state index is 0.385. The number of aliphatic hydroxyl groups is 1. The van der Waals surface area contributed by atoms with E-state index in [4.69, 9.17) is 0 Å². The Morgan fingerprint density at radius 3 is 2.37 bits per heavy atom. The van der Waals surface area contributed by atoms with E-state index in [1.165, 1.54) is 70.6 Å². The van der Waals surface area contributed by atoms with Gasteiger partial charge in [-0.1, -0.05) is 38.5 Å².